The number of hydrogen-bond donors (Lipinski definition) is 2. The molecular formula is C2H6N2O3S. The van der Waals surface area contributed by atoms with E-state index in [4.69, 9.17) is 10.2 Å². The molecule has 8 heavy (non-hydrogen) atoms. The van der Waals surface area contributed by atoms with Crippen molar-refractivity contribution in [1.29, 1.82) is 0 Å². The smallest absolute Gasteiger partial charge is 0.440 e. The lowest BCUT2D eigenvalue weighted by atomic mass is 11.3. The SMILES string of the molecule is CS(N)(=O)=NC(=O)O. The fraction of sp³-hybridized carbons (Fsp3) is 0.500. The standard InChI is InChI=1S/C2H6N2O3S/c1-8(3,7)4-2(5)6/h1H3,(H,5,6)(H2,3,4,7). The Morgan fingerprint density at radius 1 is 1.88 bits per heavy atom. The van der Waals surface area contributed by atoms with Crippen LogP contribution in [0.2, 0.25) is 0 Å². The predicted octanol–water partition coefficient (Wildman–Crippen LogP) is -0.364. The summed E-state index contributed by atoms with van der Waals surface area (Å²) in [6.45, 7) is 0. The average molecular weight is 138 g/mol. The van der Waals surface area contributed by atoms with Gasteiger partial charge in [-0.05, 0) is 0 Å². The fourth-order valence-electron chi connectivity index (χ4n) is 0.155. The molecule has 0 spiro atoms. The quantitative estimate of drug-likeness (QED) is 0.478. The van der Waals surface area contributed by atoms with Gasteiger partial charge < -0.3 is 5.11 Å². The Bertz CT molecular complexity index is 193. The van der Waals surface area contributed by atoms with Crippen molar-refractivity contribution in [1.82, 2.24) is 0 Å². The molecule has 0 heterocycles. The first kappa shape index (κ1) is 7.38. The third-order valence-electron chi connectivity index (χ3n) is 0.259. The van der Waals surface area contributed by atoms with Gasteiger partial charge in [-0.2, -0.15) is 0 Å². The van der Waals surface area contributed by atoms with Crippen LogP contribution in [-0.4, -0.2) is 21.7 Å². The van der Waals surface area contributed by atoms with Gasteiger partial charge in [0.1, 0.15) is 9.92 Å². The van der Waals surface area contributed by atoms with E-state index in [2.05, 4.69) is 4.36 Å². The van der Waals surface area contributed by atoms with E-state index in [1.54, 1.807) is 0 Å². The van der Waals surface area contributed by atoms with Gasteiger partial charge in [0.25, 0.3) is 0 Å². The minimum Gasteiger partial charge on any atom is -0.463 e. The fourth-order valence-corrected chi connectivity index (χ4v) is 0.465. The highest BCUT2D eigenvalue weighted by atomic mass is 32.2. The molecular weight excluding hydrogens is 132 g/mol. The van der Waals surface area contributed by atoms with Crippen molar-refractivity contribution in [2.45, 2.75) is 0 Å². The van der Waals surface area contributed by atoms with Crippen LogP contribution in [0.5, 0.6) is 0 Å². The van der Waals surface area contributed by atoms with Crippen LogP contribution in [-0.2, 0) is 9.92 Å². The molecule has 0 saturated carbocycles. The molecule has 1 unspecified atom stereocenters. The highest BCUT2D eigenvalue weighted by molar-refractivity contribution is 7.90. The maximum atomic E-state index is 10.2. The van der Waals surface area contributed by atoms with Crippen molar-refractivity contribution in [3.05, 3.63) is 0 Å². The summed E-state index contributed by atoms with van der Waals surface area (Å²) in [5.41, 5.74) is 0. The summed E-state index contributed by atoms with van der Waals surface area (Å²) in [6.07, 6.45) is -0.457. The first-order chi connectivity index (χ1) is 3.42. The van der Waals surface area contributed by atoms with E-state index in [0.717, 1.165) is 6.26 Å². The summed E-state index contributed by atoms with van der Waals surface area (Å²) in [6, 6.07) is 0. The van der Waals surface area contributed by atoms with Crippen molar-refractivity contribution >= 4 is 16.0 Å². The largest absolute Gasteiger partial charge is 0.463 e. The van der Waals surface area contributed by atoms with Crippen molar-refractivity contribution < 1.29 is 14.1 Å². The van der Waals surface area contributed by atoms with Gasteiger partial charge >= 0.3 is 6.09 Å². The van der Waals surface area contributed by atoms with Gasteiger partial charge in [0.15, 0.2) is 0 Å². The van der Waals surface area contributed by atoms with Crippen LogP contribution in [0.1, 0.15) is 0 Å². The van der Waals surface area contributed by atoms with Gasteiger partial charge in [-0.3, -0.25) is 0 Å². The Kier molecular flexibility index (Phi) is 1.94. The lowest BCUT2D eigenvalue weighted by molar-refractivity contribution is 0.206. The number of nitrogens with zero attached hydrogens (tertiary/aromatic N) is 1. The van der Waals surface area contributed by atoms with Crippen LogP contribution in [0.25, 0.3) is 0 Å². The number of amides is 1. The molecule has 0 fully saturated rings. The zero-order chi connectivity index (χ0) is 6.78. The Labute approximate surface area is 46.8 Å². The molecule has 0 bridgehead atoms. The first-order valence-corrected chi connectivity index (χ1v) is 3.63. The molecule has 1 atom stereocenters. The first-order valence-electron chi connectivity index (χ1n) is 1.64. The van der Waals surface area contributed by atoms with Crippen LogP contribution < -0.4 is 5.14 Å². The van der Waals surface area contributed by atoms with E-state index in [0.29, 0.717) is 0 Å². The third kappa shape index (κ3) is 5.38. The normalized spacial score (nSPS) is 16.8. The number of carbonyl (C=O) groups is 1. The number of hydrogen-bond acceptors (Lipinski definition) is 2. The lowest BCUT2D eigenvalue weighted by Gasteiger charge is -1.86. The number of nitrogens with two attached hydrogens (primary N) is 1. The molecule has 0 rings (SSSR count). The summed E-state index contributed by atoms with van der Waals surface area (Å²) >= 11 is 0. The molecule has 1 amide bonds. The highest BCUT2D eigenvalue weighted by Gasteiger charge is 1.93. The minimum atomic E-state index is -2.95. The molecule has 5 nitrogen and oxygen atoms in total. The molecule has 0 aliphatic heterocycles. The van der Waals surface area contributed by atoms with E-state index in [1.165, 1.54) is 0 Å². The van der Waals surface area contributed by atoms with Crippen molar-refractivity contribution in [3.8, 4) is 0 Å². The Balaban J connectivity index is 4.44. The van der Waals surface area contributed by atoms with Crippen molar-refractivity contribution in [2.24, 2.45) is 9.50 Å². The average Bonchev–Trinajstić information content (AvgIpc) is 1.21. The maximum absolute atomic E-state index is 10.2. The molecule has 48 valence electrons. The van der Waals surface area contributed by atoms with E-state index in [9.17, 15) is 9.00 Å². The van der Waals surface area contributed by atoms with Gasteiger partial charge in [-0.1, -0.05) is 0 Å². The third-order valence-corrected chi connectivity index (χ3v) is 0.778. The van der Waals surface area contributed by atoms with Crippen LogP contribution >= 0.6 is 0 Å². The van der Waals surface area contributed by atoms with Crippen LogP contribution in [0, 0.1) is 0 Å². The zero-order valence-electron chi connectivity index (χ0n) is 4.20. The lowest BCUT2D eigenvalue weighted by Crippen LogP contribution is -2.10. The maximum Gasteiger partial charge on any atom is 0.440 e. The number of carboxylic acid groups (broad SMARTS) is 1. The summed E-state index contributed by atoms with van der Waals surface area (Å²) < 4.78 is 12.9. The van der Waals surface area contributed by atoms with E-state index >= 15 is 0 Å². The topological polar surface area (TPSA) is 92.8 Å². The second kappa shape index (κ2) is 2.10. The summed E-state index contributed by atoms with van der Waals surface area (Å²) in [7, 11) is -2.95. The van der Waals surface area contributed by atoms with Gasteiger partial charge in [0.05, 0.1) is 0 Å². The van der Waals surface area contributed by atoms with Gasteiger partial charge in [0.2, 0.25) is 0 Å². The molecule has 6 heteroatoms. The van der Waals surface area contributed by atoms with E-state index in [-0.39, 0.29) is 0 Å². The summed E-state index contributed by atoms with van der Waals surface area (Å²) in [5.74, 6) is 0. The molecule has 0 aliphatic rings. The molecule has 0 aliphatic carbocycles. The number of rotatable bonds is 0. The van der Waals surface area contributed by atoms with Gasteiger partial charge in [0, 0.05) is 6.26 Å². The monoisotopic (exact) mass is 138 g/mol. The Morgan fingerprint density at radius 3 is 2.25 bits per heavy atom. The minimum absolute atomic E-state index is 1.04. The Morgan fingerprint density at radius 2 is 2.25 bits per heavy atom. The van der Waals surface area contributed by atoms with E-state index in [1.807, 2.05) is 0 Å². The van der Waals surface area contributed by atoms with Crippen LogP contribution in [0.3, 0.4) is 0 Å². The molecule has 0 radical (unpaired) electrons. The van der Waals surface area contributed by atoms with Gasteiger partial charge in [-0.25, -0.2) is 14.1 Å². The summed E-state index contributed by atoms with van der Waals surface area (Å²) in [4.78, 5) is 9.59. The Hall–Kier alpha value is -0.620. The molecule has 0 saturated heterocycles. The molecule has 0 aromatic rings. The van der Waals surface area contributed by atoms with Gasteiger partial charge in [-0.15, -0.1) is 4.36 Å². The predicted molar refractivity (Wildman–Crippen MR) is 28.7 cm³/mol. The summed E-state index contributed by atoms with van der Waals surface area (Å²) in [5, 5.41) is 12.5. The molecule has 0 aromatic carbocycles. The second-order valence-electron chi connectivity index (χ2n) is 1.23. The zero-order valence-corrected chi connectivity index (χ0v) is 5.01. The van der Waals surface area contributed by atoms with Crippen LogP contribution in [0.4, 0.5) is 4.79 Å². The van der Waals surface area contributed by atoms with Crippen molar-refractivity contribution in [2.75, 3.05) is 6.26 Å². The highest BCUT2D eigenvalue weighted by Crippen LogP contribution is 1.78. The van der Waals surface area contributed by atoms with Crippen LogP contribution in [0.15, 0.2) is 4.36 Å². The van der Waals surface area contributed by atoms with E-state index < -0.39 is 16.0 Å². The molecule has 3 N–H and O–H groups in total. The van der Waals surface area contributed by atoms with Crippen molar-refractivity contribution in [3.63, 3.8) is 0 Å². The molecule has 0 aromatic heterocycles. The second-order valence-corrected chi connectivity index (χ2v) is 3.14.